The van der Waals surface area contributed by atoms with E-state index in [0.29, 0.717) is 41.9 Å². The molecule has 26 heavy (non-hydrogen) atoms. The number of amides is 1. The number of nitrogens with one attached hydrogen (secondary N) is 2. The molecule has 0 fully saturated rings. The fourth-order valence-electron chi connectivity index (χ4n) is 2.22. The molecule has 10 heteroatoms. The highest BCUT2D eigenvalue weighted by atomic mass is 32.2. The summed E-state index contributed by atoms with van der Waals surface area (Å²) in [6, 6.07) is 5.11. The van der Waals surface area contributed by atoms with Crippen molar-refractivity contribution in [2.45, 2.75) is 18.1 Å². The molecule has 2 rings (SSSR count). The molecule has 2 aromatic rings. The third-order valence-corrected chi connectivity index (χ3v) is 4.43. The van der Waals surface area contributed by atoms with Crippen LogP contribution in [0.3, 0.4) is 0 Å². The lowest BCUT2D eigenvalue weighted by molar-refractivity contribution is -0.113. The van der Waals surface area contributed by atoms with Crippen molar-refractivity contribution in [2.75, 3.05) is 39.0 Å². The molecule has 1 amide bonds. The molecule has 0 aliphatic rings. The Hall–Kier alpha value is -2.46. The van der Waals surface area contributed by atoms with Crippen molar-refractivity contribution in [1.29, 1.82) is 0 Å². The van der Waals surface area contributed by atoms with Crippen LogP contribution in [-0.2, 0) is 16.1 Å². The first-order valence-electron chi connectivity index (χ1n) is 7.87. The molecule has 9 nitrogen and oxygen atoms in total. The maximum Gasteiger partial charge on any atom is 0.343 e. The molecule has 2 N–H and O–H groups in total. The summed E-state index contributed by atoms with van der Waals surface area (Å²) in [6.45, 7) is 1.02. The van der Waals surface area contributed by atoms with E-state index in [1.807, 2.05) is 0 Å². The Balaban J connectivity index is 1.94. The van der Waals surface area contributed by atoms with Gasteiger partial charge in [-0.3, -0.25) is 9.36 Å². The van der Waals surface area contributed by atoms with Crippen LogP contribution in [0, 0.1) is 0 Å². The van der Waals surface area contributed by atoms with Gasteiger partial charge in [-0.25, -0.2) is 9.89 Å². The predicted octanol–water partition coefficient (Wildman–Crippen LogP) is 1.36. The molecule has 1 heterocycles. The molecule has 0 bridgehead atoms. The van der Waals surface area contributed by atoms with Crippen molar-refractivity contribution in [1.82, 2.24) is 14.8 Å². The van der Waals surface area contributed by atoms with E-state index >= 15 is 0 Å². The second-order valence-corrected chi connectivity index (χ2v) is 6.16. The van der Waals surface area contributed by atoms with Crippen molar-refractivity contribution in [3.8, 4) is 11.5 Å². The largest absolute Gasteiger partial charge is 0.493 e. The van der Waals surface area contributed by atoms with Crippen molar-refractivity contribution < 1.29 is 19.0 Å². The first-order valence-corrected chi connectivity index (χ1v) is 8.86. The summed E-state index contributed by atoms with van der Waals surface area (Å²) in [4.78, 5) is 23.9. The van der Waals surface area contributed by atoms with E-state index < -0.39 is 0 Å². The second kappa shape index (κ2) is 9.88. The smallest absolute Gasteiger partial charge is 0.343 e. The third-order valence-electron chi connectivity index (χ3n) is 3.45. The maximum atomic E-state index is 12.2. The second-order valence-electron chi connectivity index (χ2n) is 5.22. The lowest BCUT2D eigenvalue weighted by Gasteiger charge is -2.10. The fraction of sp³-hybridized carbons (Fsp3) is 0.438. The van der Waals surface area contributed by atoms with Crippen LogP contribution in [-0.4, -0.2) is 54.4 Å². The number of methoxy groups -OCH3 is 3. The van der Waals surface area contributed by atoms with Crippen molar-refractivity contribution in [3.63, 3.8) is 0 Å². The summed E-state index contributed by atoms with van der Waals surface area (Å²) in [6.07, 6.45) is 0.682. The lowest BCUT2D eigenvalue weighted by atomic mass is 10.2. The SMILES string of the molecule is COCCCn1c(SCC(=O)Nc2ccc(OC)c(OC)c2)n[nH]c1=O. The first kappa shape index (κ1) is 19.9. The number of rotatable bonds is 10. The number of aromatic amines is 1. The van der Waals surface area contributed by atoms with Gasteiger partial charge in [-0.2, -0.15) is 0 Å². The van der Waals surface area contributed by atoms with Gasteiger partial charge in [-0.05, 0) is 18.6 Å². The number of benzene rings is 1. The molecule has 0 aliphatic heterocycles. The Labute approximate surface area is 155 Å². The Bertz CT molecular complexity index is 789. The highest BCUT2D eigenvalue weighted by Gasteiger charge is 2.12. The highest BCUT2D eigenvalue weighted by Crippen LogP contribution is 2.29. The highest BCUT2D eigenvalue weighted by molar-refractivity contribution is 7.99. The van der Waals surface area contributed by atoms with Crippen molar-refractivity contribution >= 4 is 23.4 Å². The summed E-state index contributed by atoms with van der Waals surface area (Å²) < 4.78 is 16.8. The van der Waals surface area contributed by atoms with E-state index in [0.717, 1.165) is 0 Å². The number of carbonyl (C=O) groups is 1. The lowest BCUT2D eigenvalue weighted by Crippen LogP contribution is -2.19. The molecule has 0 aliphatic carbocycles. The molecular formula is C16H22N4O5S. The van der Waals surface area contributed by atoms with E-state index in [1.165, 1.54) is 23.4 Å². The zero-order chi connectivity index (χ0) is 18.9. The molecule has 0 atom stereocenters. The van der Waals surface area contributed by atoms with Gasteiger partial charge in [0.1, 0.15) is 0 Å². The molecule has 142 valence electrons. The zero-order valence-corrected chi connectivity index (χ0v) is 15.7. The van der Waals surface area contributed by atoms with E-state index in [4.69, 9.17) is 14.2 Å². The first-order chi connectivity index (χ1) is 12.6. The van der Waals surface area contributed by atoms with Gasteiger partial charge in [0, 0.05) is 32.0 Å². The van der Waals surface area contributed by atoms with Gasteiger partial charge in [0.2, 0.25) is 5.91 Å². The molecule has 0 radical (unpaired) electrons. The Morgan fingerprint density at radius 2 is 2.04 bits per heavy atom. The number of hydrogen-bond acceptors (Lipinski definition) is 7. The van der Waals surface area contributed by atoms with Crippen LogP contribution < -0.4 is 20.5 Å². The summed E-state index contributed by atoms with van der Waals surface area (Å²) in [5.41, 5.74) is 0.289. The number of aromatic nitrogens is 3. The summed E-state index contributed by atoms with van der Waals surface area (Å²) in [7, 11) is 4.68. The van der Waals surface area contributed by atoms with E-state index in [1.54, 1.807) is 32.4 Å². The molecule has 0 spiro atoms. The van der Waals surface area contributed by atoms with Crippen LogP contribution >= 0.6 is 11.8 Å². The number of nitrogens with zero attached hydrogens (tertiary/aromatic N) is 2. The van der Waals surface area contributed by atoms with Crippen molar-refractivity contribution in [3.05, 3.63) is 28.7 Å². The Morgan fingerprint density at radius 1 is 1.27 bits per heavy atom. The molecule has 1 aromatic carbocycles. The standard InChI is InChI=1S/C16H22N4O5S/c1-23-8-4-7-20-15(22)18-19-16(20)26-10-14(21)17-11-5-6-12(24-2)13(9-11)25-3/h5-6,9H,4,7-8,10H2,1-3H3,(H,17,21)(H,18,22). The van der Waals surface area contributed by atoms with E-state index in [2.05, 4.69) is 15.5 Å². The minimum absolute atomic E-state index is 0.114. The van der Waals surface area contributed by atoms with Crippen molar-refractivity contribution in [2.24, 2.45) is 0 Å². The average Bonchev–Trinajstić information content (AvgIpc) is 3.00. The van der Waals surface area contributed by atoms with Gasteiger partial charge in [0.25, 0.3) is 0 Å². The van der Waals surface area contributed by atoms with Crippen LogP contribution in [0.1, 0.15) is 6.42 Å². The van der Waals surface area contributed by atoms with Gasteiger partial charge < -0.3 is 19.5 Å². The van der Waals surface area contributed by atoms with E-state index in [9.17, 15) is 9.59 Å². The van der Waals surface area contributed by atoms with Gasteiger partial charge in [-0.15, -0.1) is 5.10 Å². The van der Waals surface area contributed by atoms with Gasteiger partial charge in [-0.1, -0.05) is 11.8 Å². The Morgan fingerprint density at radius 3 is 2.73 bits per heavy atom. The number of carbonyl (C=O) groups excluding carboxylic acids is 1. The molecule has 0 unspecified atom stereocenters. The minimum Gasteiger partial charge on any atom is -0.493 e. The van der Waals surface area contributed by atoms with Gasteiger partial charge in [0.05, 0.1) is 20.0 Å². The molecule has 0 saturated carbocycles. The topological polar surface area (TPSA) is 107 Å². The Kier molecular flexibility index (Phi) is 7.54. The average molecular weight is 382 g/mol. The number of H-pyrrole nitrogens is 1. The van der Waals surface area contributed by atoms with Crippen LogP contribution in [0.5, 0.6) is 11.5 Å². The number of anilines is 1. The summed E-state index contributed by atoms with van der Waals surface area (Å²) in [5, 5.41) is 9.60. The maximum absolute atomic E-state index is 12.2. The quantitative estimate of drug-likeness (QED) is 0.472. The summed E-state index contributed by atoms with van der Waals surface area (Å²) >= 11 is 1.18. The van der Waals surface area contributed by atoms with Gasteiger partial charge >= 0.3 is 5.69 Å². The number of thioether (sulfide) groups is 1. The van der Waals surface area contributed by atoms with Crippen LogP contribution in [0.2, 0.25) is 0 Å². The third kappa shape index (κ3) is 5.27. The monoisotopic (exact) mass is 382 g/mol. The number of ether oxygens (including phenoxy) is 3. The normalized spacial score (nSPS) is 10.6. The minimum atomic E-state index is -0.302. The summed E-state index contributed by atoms with van der Waals surface area (Å²) in [5.74, 6) is 0.998. The zero-order valence-electron chi connectivity index (χ0n) is 14.9. The number of hydrogen-bond donors (Lipinski definition) is 2. The van der Waals surface area contributed by atoms with Gasteiger partial charge in [0.15, 0.2) is 16.7 Å². The van der Waals surface area contributed by atoms with Crippen LogP contribution in [0.4, 0.5) is 5.69 Å². The van der Waals surface area contributed by atoms with Crippen LogP contribution in [0.15, 0.2) is 28.2 Å². The van der Waals surface area contributed by atoms with E-state index in [-0.39, 0.29) is 17.3 Å². The van der Waals surface area contributed by atoms with Crippen LogP contribution in [0.25, 0.3) is 0 Å². The molecular weight excluding hydrogens is 360 g/mol. The fourth-order valence-corrected chi connectivity index (χ4v) is 2.99. The predicted molar refractivity (Wildman–Crippen MR) is 98.2 cm³/mol. The molecule has 0 saturated heterocycles. The molecule has 1 aromatic heterocycles.